The third-order valence-corrected chi connectivity index (χ3v) is 2.24. The number of rotatable bonds is 2. The second kappa shape index (κ2) is 4.08. The summed E-state index contributed by atoms with van der Waals surface area (Å²) in [7, 11) is 0. The van der Waals surface area contributed by atoms with Crippen LogP contribution in [0.4, 0.5) is 4.39 Å². The fourth-order valence-electron chi connectivity index (χ4n) is 1.40. The van der Waals surface area contributed by atoms with Crippen LogP contribution in [0.2, 0.25) is 0 Å². The molecule has 0 aromatic heterocycles. The number of hydrogen-bond donors (Lipinski definition) is 0. The normalized spacial score (nSPS) is 18.6. The molecule has 0 radical (unpaired) electrons. The molecule has 1 rings (SSSR count). The molecule has 0 fully saturated rings. The van der Waals surface area contributed by atoms with Crippen molar-refractivity contribution >= 4 is 11.6 Å². The minimum atomic E-state index is -0.163. The lowest BCUT2D eigenvalue weighted by Gasteiger charge is -2.13. The third kappa shape index (κ3) is 2.63. The van der Waals surface area contributed by atoms with E-state index in [1.807, 2.05) is 0 Å². The van der Waals surface area contributed by atoms with Gasteiger partial charge in [0.2, 0.25) is 0 Å². The van der Waals surface area contributed by atoms with E-state index >= 15 is 0 Å². The van der Waals surface area contributed by atoms with Gasteiger partial charge in [0.1, 0.15) is 5.83 Å². The first-order valence-electron chi connectivity index (χ1n) is 4.33. The highest BCUT2D eigenvalue weighted by Crippen LogP contribution is 2.30. The van der Waals surface area contributed by atoms with Gasteiger partial charge in [0.25, 0.3) is 0 Å². The molecule has 0 aliphatic heterocycles. The van der Waals surface area contributed by atoms with Crippen molar-refractivity contribution in [3.05, 3.63) is 22.5 Å². The van der Waals surface area contributed by atoms with Gasteiger partial charge in [-0.25, -0.2) is 4.39 Å². The zero-order valence-corrected chi connectivity index (χ0v) is 8.29. The summed E-state index contributed by atoms with van der Waals surface area (Å²) in [4.78, 5) is 0. The SMILES string of the molecule is CC(C)CC1=CC(Cl)=C(F)CC1. The highest BCUT2D eigenvalue weighted by Gasteiger charge is 2.12. The van der Waals surface area contributed by atoms with Crippen LogP contribution >= 0.6 is 11.6 Å². The van der Waals surface area contributed by atoms with Crippen LogP contribution in [0.1, 0.15) is 33.1 Å². The maximum absolute atomic E-state index is 12.8. The van der Waals surface area contributed by atoms with Crippen molar-refractivity contribution in [3.8, 4) is 0 Å². The summed E-state index contributed by atoms with van der Waals surface area (Å²) in [5, 5.41) is 0.303. The first-order chi connectivity index (χ1) is 5.59. The van der Waals surface area contributed by atoms with E-state index in [9.17, 15) is 4.39 Å². The first-order valence-corrected chi connectivity index (χ1v) is 4.71. The molecule has 0 unspecified atom stereocenters. The molecular formula is C10H14ClF. The molecule has 12 heavy (non-hydrogen) atoms. The van der Waals surface area contributed by atoms with Crippen LogP contribution in [0, 0.1) is 5.92 Å². The van der Waals surface area contributed by atoms with Crippen molar-refractivity contribution in [1.82, 2.24) is 0 Å². The molecule has 1 aliphatic rings. The molecule has 0 heterocycles. The first kappa shape index (κ1) is 9.79. The lowest BCUT2D eigenvalue weighted by atomic mass is 9.95. The Morgan fingerprint density at radius 1 is 1.50 bits per heavy atom. The molecule has 0 N–H and O–H groups in total. The highest BCUT2D eigenvalue weighted by molar-refractivity contribution is 6.31. The van der Waals surface area contributed by atoms with Gasteiger partial charge in [-0.1, -0.05) is 31.0 Å². The van der Waals surface area contributed by atoms with Crippen LogP contribution in [0.25, 0.3) is 0 Å². The van der Waals surface area contributed by atoms with E-state index in [-0.39, 0.29) is 5.83 Å². The van der Waals surface area contributed by atoms with Gasteiger partial charge in [-0.3, -0.25) is 0 Å². The molecule has 0 aromatic carbocycles. The molecule has 68 valence electrons. The van der Waals surface area contributed by atoms with Crippen LogP contribution in [0.3, 0.4) is 0 Å². The smallest absolute Gasteiger partial charge is 0.119 e. The van der Waals surface area contributed by atoms with Crippen molar-refractivity contribution in [1.29, 1.82) is 0 Å². The van der Waals surface area contributed by atoms with Gasteiger partial charge in [-0.15, -0.1) is 0 Å². The second-order valence-electron chi connectivity index (χ2n) is 3.65. The number of halogens is 2. The second-order valence-corrected chi connectivity index (χ2v) is 4.06. The molecule has 0 saturated heterocycles. The fraction of sp³-hybridized carbons (Fsp3) is 0.600. The van der Waals surface area contributed by atoms with Gasteiger partial charge < -0.3 is 0 Å². The van der Waals surface area contributed by atoms with E-state index in [0.29, 0.717) is 17.4 Å². The fourth-order valence-corrected chi connectivity index (χ4v) is 1.65. The van der Waals surface area contributed by atoms with E-state index in [1.165, 1.54) is 5.57 Å². The predicted molar refractivity (Wildman–Crippen MR) is 50.8 cm³/mol. The minimum absolute atomic E-state index is 0.163. The molecule has 2 heteroatoms. The van der Waals surface area contributed by atoms with Crippen molar-refractivity contribution in [2.75, 3.05) is 0 Å². The molecule has 0 amide bonds. The summed E-state index contributed by atoms with van der Waals surface area (Å²) < 4.78 is 12.8. The number of hydrogen-bond acceptors (Lipinski definition) is 0. The molecule has 0 saturated carbocycles. The monoisotopic (exact) mass is 188 g/mol. The Balaban J connectivity index is 2.63. The zero-order valence-electron chi connectivity index (χ0n) is 7.53. The summed E-state index contributed by atoms with van der Waals surface area (Å²) in [5.74, 6) is 0.464. The van der Waals surface area contributed by atoms with E-state index < -0.39 is 0 Å². The van der Waals surface area contributed by atoms with Crippen molar-refractivity contribution in [2.45, 2.75) is 33.1 Å². The largest absolute Gasteiger partial charge is 0.210 e. The maximum Gasteiger partial charge on any atom is 0.119 e. The minimum Gasteiger partial charge on any atom is -0.210 e. The van der Waals surface area contributed by atoms with E-state index in [4.69, 9.17) is 11.6 Å². The number of allylic oxidation sites excluding steroid dienone is 4. The van der Waals surface area contributed by atoms with Crippen molar-refractivity contribution in [3.63, 3.8) is 0 Å². The third-order valence-electron chi connectivity index (χ3n) is 1.93. The molecule has 1 aliphatic carbocycles. The van der Waals surface area contributed by atoms with Gasteiger partial charge in [0, 0.05) is 6.42 Å². The van der Waals surface area contributed by atoms with E-state index in [2.05, 4.69) is 13.8 Å². The van der Waals surface area contributed by atoms with E-state index in [0.717, 1.165) is 12.8 Å². The Morgan fingerprint density at radius 2 is 2.17 bits per heavy atom. The molecule has 0 atom stereocenters. The summed E-state index contributed by atoms with van der Waals surface area (Å²) in [6.45, 7) is 4.31. The molecule has 0 spiro atoms. The predicted octanol–water partition coefficient (Wildman–Crippen LogP) is 4.17. The van der Waals surface area contributed by atoms with Crippen molar-refractivity contribution < 1.29 is 4.39 Å². The van der Waals surface area contributed by atoms with Crippen LogP contribution < -0.4 is 0 Å². The molecular weight excluding hydrogens is 175 g/mol. The van der Waals surface area contributed by atoms with E-state index in [1.54, 1.807) is 6.08 Å². The zero-order chi connectivity index (χ0) is 9.14. The summed E-state index contributed by atoms with van der Waals surface area (Å²) >= 11 is 5.67. The van der Waals surface area contributed by atoms with Gasteiger partial charge in [0.15, 0.2) is 0 Å². The molecule has 0 bridgehead atoms. The Morgan fingerprint density at radius 3 is 2.67 bits per heavy atom. The Bertz CT molecular complexity index is 226. The van der Waals surface area contributed by atoms with Crippen LogP contribution in [0.15, 0.2) is 22.5 Å². The highest BCUT2D eigenvalue weighted by atomic mass is 35.5. The summed E-state index contributed by atoms with van der Waals surface area (Å²) in [6.07, 6.45) is 4.13. The Hall–Kier alpha value is -0.300. The van der Waals surface area contributed by atoms with Gasteiger partial charge in [0.05, 0.1) is 5.03 Å². The average molecular weight is 189 g/mol. The summed E-state index contributed by atoms with van der Waals surface area (Å²) in [6, 6.07) is 0. The molecule has 0 aromatic rings. The Labute approximate surface area is 78.1 Å². The lowest BCUT2D eigenvalue weighted by molar-refractivity contribution is 0.557. The van der Waals surface area contributed by atoms with Gasteiger partial charge in [-0.05, 0) is 24.8 Å². The Kier molecular flexibility index (Phi) is 3.33. The maximum atomic E-state index is 12.8. The summed E-state index contributed by atoms with van der Waals surface area (Å²) in [5.41, 5.74) is 1.27. The average Bonchev–Trinajstić information content (AvgIpc) is 1.96. The van der Waals surface area contributed by atoms with Crippen LogP contribution in [0.5, 0.6) is 0 Å². The standard InChI is InChI=1S/C10H14ClF/c1-7(2)5-8-3-4-10(12)9(11)6-8/h6-7H,3-5H2,1-2H3. The topological polar surface area (TPSA) is 0 Å². The molecule has 0 nitrogen and oxygen atoms in total. The van der Waals surface area contributed by atoms with Crippen molar-refractivity contribution in [2.24, 2.45) is 5.92 Å². The lowest BCUT2D eigenvalue weighted by Crippen LogP contribution is -1.97. The van der Waals surface area contributed by atoms with Crippen LogP contribution in [-0.4, -0.2) is 0 Å². The van der Waals surface area contributed by atoms with Crippen LogP contribution in [-0.2, 0) is 0 Å². The van der Waals surface area contributed by atoms with Gasteiger partial charge >= 0.3 is 0 Å². The van der Waals surface area contributed by atoms with Gasteiger partial charge in [-0.2, -0.15) is 0 Å². The quantitative estimate of drug-likeness (QED) is 0.610.